The fraction of sp³-hybridized carbons (Fsp3) is 0.375. The number of thiol groups is 1. The molecule has 2 heterocycles. The van der Waals surface area contributed by atoms with E-state index in [2.05, 4.69) is 54.3 Å². The van der Waals surface area contributed by atoms with Crippen molar-refractivity contribution >= 4 is 24.2 Å². The summed E-state index contributed by atoms with van der Waals surface area (Å²) in [5.74, 6) is 0. The molecule has 0 N–H and O–H groups in total. The monoisotopic (exact) mass is 408 g/mol. The lowest BCUT2D eigenvalue weighted by Crippen LogP contribution is -2.21. The van der Waals surface area contributed by atoms with Crippen molar-refractivity contribution in [3.8, 4) is 10.4 Å². The highest BCUT2D eigenvalue weighted by Gasteiger charge is 2.29. The summed E-state index contributed by atoms with van der Waals surface area (Å²) < 4.78 is 2.08. The Balaban J connectivity index is 1.61. The van der Waals surface area contributed by atoms with Gasteiger partial charge in [0.2, 0.25) is 0 Å². The maximum Gasteiger partial charge on any atom is 0.0380 e. The van der Waals surface area contributed by atoms with Crippen LogP contribution < -0.4 is 0 Å². The van der Waals surface area contributed by atoms with Gasteiger partial charge >= 0.3 is 0 Å². The van der Waals surface area contributed by atoms with Crippen molar-refractivity contribution in [1.82, 2.24) is 9.29 Å². The number of rotatable bonds is 5. The number of fused-ring (bicyclic) bond motifs is 1. The van der Waals surface area contributed by atoms with Crippen molar-refractivity contribution < 1.29 is 0 Å². The van der Waals surface area contributed by atoms with E-state index in [9.17, 15) is 0 Å². The van der Waals surface area contributed by atoms with Crippen LogP contribution in [0.25, 0.3) is 10.4 Å². The summed E-state index contributed by atoms with van der Waals surface area (Å²) in [7, 11) is 0. The van der Waals surface area contributed by atoms with Crippen LogP contribution in [0.2, 0.25) is 0 Å². The lowest BCUT2D eigenvalue weighted by Gasteiger charge is -2.29. The first kappa shape index (κ1) is 19.7. The molecule has 146 valence electrons. The van der Waals surface area contributed by atoms with E-state index in [0.717, 1.165) is 13.1 Å². The highest BCUT2D eigenvalue weighted by Crippen LogP contribution is 2.45. The third-order valence-corrected chi connectivity index (χ3v) is 7.48. The molecule has 4 heteroatoms. The molecular formula is C24H28N2S2. The molecule has 0 fully saturated rings. The van der Waals surface area contributed by atoms with Gasteiger partial charge in [-0.15, -0.1) is 11.3 Å². The summed E-state index contributed by atoms with van der Waals surface area (Å²) in [4.78, 5) is 7.15. The molecule has 4 rings (SSSR count). The standard InChI is InChI=1S/C24H28N2S2/c1-17-21-14-24(2,3)11-8-22(21)28-23(17)20-7-5-4-6-19(20)16-26(27)15-18-9-12-25-13-10-18/h4-7,9-10,12-13,27H,8,11,14-16H2,1-3H3. The Labute approximate surface area is 178 Å². The van der Waals surface area contributed by atoms with Crippen LogP contribution in [0.1, 0.15) is 47.4 Å². The van der Waals surface area contributed by atoms with E-state index in [1.807, 2.05) is 35.9 Å². The van der Waals surface area contributed by atoms with Crippen LogP contribution in [-0.2, 0) is 25.9 Å². The third-order valence-electron chi connectivity index (χ3n) is 5.77. The lowest BCUT2D eigenvalue weighted by molar-refractivity contribution is 0.317. The van der Waals surface area contributed by atoms with Crippen LogP contribution in [0.3, 0.4) is 0 Å². The number of hydrogen-bond donors (Lipinski definition) is 1. The van der Waals surface area contributed by atoms with Gasteiger partial charge in [-0.25, -0.2) is 4.31 Å². The molecular weight excluding hydrogens is 380 g/mol. The van der Waals surface area contributed by atoms with E-state index in [0.29, 0.717) is 5.41 Å². The number of aryl methyl sites for hydroxylation is 1. The smallest absolute Gasteiger partial charge is 0.0380 e. The van der Waals surface area contributed by atoms with Gasteiger partial charge in [-0.1, -0.05) is 50.9 Å². The van der Waals surface area contributed by atoms with Gasteiger partial charge in [0.15, 0.2) is 0 Å². The molecule has 1 aliphatic carbocycles. The van der Waals surface area contributed by atoms with Crippen LogP contribution in [0, 0.1) is 12.3 Å². The van der Waals surface area contributed by atoms with E-state index in [1.54, 1.807) is 10.4 Å². The molecule has 0 unspecified atom stereocenters. The number of nitrogens with zero attached hydrogens (tertiary/aromatic N) is 2. The minimum Gasteiger partial charge on any atom is -0.265 e. The first-order valence-electron chi connectivity index (χ1n) is 9.95. The Kier molecular flexibility index (Phi) is 5.64. The predicted octanol–water partition coefficient (Wildman–Crippen LogP) is 6.48. The summed E-state index contributed by atoms with van der Waals surface area (Å²) in [6, 6.07) is 12.9. The molecule has 0 saturated carbocycles. The zero-order valence-electron chi connectivity index (χ0n) is 16.9. The topological polar surface area (TPSA) is 16.1 Å². The molecule has 0 atom stereocenters. The molecule has 1 aromatic carbocycles. The zero-order valence-corrected chi connectivity index (χ0v) is 18.6. The average molecular weight is 409 g/mol. The van der Waals surface area contributed by atoms with Crippen molar-refractivity contribution in [2.24, 2.45) is 5.41 Å². The second kappa shape index (κ2) is 8.02. The summed E-state index contributed by atoms with van der Waals surface area (Å²) in [6.45, 7) is 8.73. The second-order valence-corrected chi connectivity index (χ2v) is 10.3. The fourth-order valence-corrected chi connectivity index (χ4v) is 5.85. The molecule has 2 aromatic heterocycles. The normalized spacial score (nSPS) is 15.6. The predicted molar refractivity (Wildman–Crippen MR) is 123 cm³/mol. The Morgan fingerprint density at radius 1 is 1.11 bits per heavy atom. The molecule has 0 spiro atoms. The van der Waals surface area contributed by atoms with Gasteiger partial charge in [-0.3, -0.25) is 4.98 Å². The minimum absolute atomic E-state index is 0.419. The summed E-state index contributed by atoms with van der Waals surface area (Å²) in [6.07, 6.45) is 7.39. The van der Waals surface area contributed by atoms with Gasteiger partial charge in [0.05, 0.1) is 0 Å². The van der Waals surface area contributed by atoms with Crippen LogP contribution >= 0.6 is 24.2 Å². The van der Waals surface area contributed by atoms with Gasteiger partial charge in [-0.05, 0) is 71.6 Å². The number of thiophene rings is 1. The van der Waals surface area contributed by atoms with E-state index in [-0.39, 0.29) is 0 Å². The first-order valence-corrected chi connectivity index (χ1v) is 11.2. The van der Waals surface area contributed by atoms with Crippen LogP contribution in [0.4, 0.5) is 0 Å². The van der Waals surface area contributed by atoms with Gasteiger partial charge in [0.25, 0.3) is 0 Å². The van der Waals surface area contributed by atoms with Crippen molar-refractivity contribution in [3.05, 3.63) is 75.9 Å². The average Bonchev–Trinajstić information content (AvgIpc) is 2.98. The number of aromatic nitrogens is 1. The third kappa shape index (κ3) is 4.19. The van der Waals surface area contributed by atoms with Gasteiger partial charge in [0.1, 0.15) is 0 Å². The molecule has 0 bridgehead atoms. The summed E-state index contributed by atoms with van der Waals surface area (Å²) in [5.41, 5.74) is 7.44. The van der Waals surface area contributed by atoms with Gasteiger partial charge in [-0.2, -0.15) is 0 Å². The van der Waals surface area contributed by atoms with Gasteiger partial charge in [0, 0.05) is 35.2 Å². The second-order valence-electron chi connectivity index (χ2n) is 8.63. The highest BCUT2D eigenvalue weighted by atomic mass is 32.1. The Bertz CT molecular complexity index is 960. The lowest BCUT2D eigenvalue weighted by atomic mass is 9.76. The van der Waals surface area contributed by atoms with E-state index in [1.165, 1.54) is 46.4 Å². The van der Waals surface area contributed by atoms with Crippen molar-refractivity contribution in [1.29, 1.82) is 0 Å². The Hall–Kier alpha value is -1.62. The number of hydrogen-bond acceptors (Lipinski definition) is 4. The van der Waals surface area contributed by atoms with E-state index in [4.69, 9.17) is 12.8 Å². The first-order chi connectivity index (χ1) is 13.4. The van der Waals surface area contributed by atoms with Crippen LogP contribution in [-0.4, -0.2) is 9.29 Å². The molecule has 28 heavy (non-hydrogen) atoms. The van der Waals surface area contributed by atoms with Crippen molar-refractivity contribution in [2.45, 2.75) is 53.1 Å². The molecule has 0 saturated heterocycles. The molecule has 0 amide bonds. The quantitative estimate of drug-likeness (QED) is 0.486. The van der Waals surface area contributed by atoms with Crippen LogP contribution in [0.5, 0.6) is 0 Å². The van der Waals surface area contributed by atoms with Crippen molar-refractivity contribution in [2.75, 3.05) is 0 Å². The van der Waals surface area contributed by atoms with E-state index < -0.39 is 0 Å². The maximum atomic E-state index is 4.75. The molecule has 2 nitrogen and oxygen atoms in total. The highest BCUT2D eigenvalue weighted by molar-refractivity contribution is 7.77. The molecule has 3 aromatic rings. The fourth-order valence-electron chi connectivity index (χ4n) is 4.15. The summed E-state index contributed by atoms with van der Waals surface area (Å²) in [5, 5.41) is 0. The molecule has 1 aliphatic rings. The van der Waals surface area contributed by atoms with Crippen LogP contribution in [0.15, 0.2) is 48.8 Å². The Morgan fingerprint density at radius 2 is 1.86 bits per heavy atom. The summed E-state index contributed by atoms with van der Waals surface area (Å²) >= 11 is 6.76. The maximum absolute atomic E-state index is 4.75. The largest absolute Gasteiger partial charge is 0.265 e. The van der Waals surface area contributed by atoms with Crippen molar-refractivity contribution in [3.63, 3.8) is 0 Å². The molecule has 0 radical (unpaired) electrons. The number of benzene rings is 1. The SMILES string of the molecule is Cc1c(-c2ccccc2CN(S)Cc2ccncc2)sc2c1CC(C)(C)CC2. The van der Waals surface area contributed by atoms with Gasteiger partial charge < -0.3 is 0 Å². The molecule has 0 aliphatic heterocycles. The zero-order chi connectivity index (χ0) is 19.7. The Morgan fingerprint density at radius 3 is 2.64 bits per heavy atom. The number of pyridine rings is 1. The minimum atomic E-state index is 0.419. The van der Waals surface area contributed by atoms with E-state index >= 15 is 0 Å².